The van der Waals surface area contributed by atoms with Crippen molar-refractivity contribution >= 4 is 40.6 Å². The predicted molar refractivity (Wildman–Crippen MR) is 107 cm³/mol. The average Bonchev–Trinajstić information content (AvgIpc) is 2.98. The van der Waals surface area contributed by atoms with E-state index in [-0.39, 0.29) is 27.9 Å². The van der Waals surface area contributed by atoms with Crippen LogP contribution in [0.15, 0.2) is 29.2 Å². The molecule has 1 amide bonds. The number of nitrogens with one attached hydrogen (secondary N) is 1. The maximum atomic E-state index is 12.8. The molecule has 9 heteroatoms. The minimum absolute atomic E-state index is 0.162. The van der Waals surface area contributed by atoms with E-state index in [1.807, 2.05) is 26.8 Å². The van der Waals surface area contributed by atoms with E-state index in [1.165, 1.54) is 6.07 Å². The first kappa shape index (κ1) is 20.5. The number of rotatable bonds is 6. The molecule has 0 fully saturated rings. The quantitative estimate of drug-likeness (QED) is 0.553. The van der Waals surface area contributed by atoms with E-state index in [0.29, 0.717) is 18.2 Å². The van der Waals surface area contributed by atoms with Gasteiger partial charge in [-0.25, -0.2) is 9.50 Å². The highest BCUT2D eigenvalue weighted by Crippen LogP contribution is 2.37. The number of benzene rings is 1. The van der Waals surface area contributed by atoms with Crippen molar-refractivity contribution in [3.63, 3.8) is 0 Å². The third-order valence-electron chi connectivity index (χ3n) is 4.34. The van der Waals surface area contributed by atoms with Crippen LogP contribution < -0.4 is 5.32 Å². The van der Waals surface area contributed by atoms with Gasteiger partial charge in [0.25, 0.3) is 5.76 Å². The number of carbonyl (C=O) groups is 1. The molecule has 0 radical (unpaired) electrons. The molecule has 0 bridgehead atoms. The number of aromatic nitrogens is 3. The smallest absolute Gasteiger partial charge is 0.289 e. The highest BCUT2D eigenvalue weighted by Gasteiger charge is 2.17. The second kappa shape index (κ2) is 8.45. The molecule has 28 heavy (non-hydrogen) atoms. The van der Waals surface area contributed by atoms with Crippen molar-refractivity contribution in [3.8, 4) is 0 Å². The Kier molecular flexibility index (Phi) is 6.20. The highest BCUT2D eigenvalue weighted by atomic mass is 35.5. The number of carbonyl (C=O) groups excluding carboxylic acids is 1. The summed E-state index contributed by atoms with van der Waals surface area (Å²) >= 11 is 6.32. The minimum Gasteiger partial charge on any atom is -0.325 e. The Balaban J connectivity index is 1.75. The van der Waals surface area contributed by atoms with Gasteiger partial charge in [-0.15, -0.1) is 0 Å². The Morgan fingerprint density at radius 2 is 2.07 bits per heavy atom. The number of halogens is 3. The fourth-order valence-corrected chi connectivity index (χ4v) is 3.98. The predicted octanol–water partition coefficient (Wildman–Crippen LogP) is 5.19. The van der Waals surface area contributed by atoms with Gasteiger partial charge in [-0.1, -0.05) is 29.4 Å². The van der Waals surface area contributed by atoms with Crippen LogP contribution in [-0.4, -0.2) is 26.3 Å². The van der Waals surface area contributed by atoms with Crippen molar-refractivity contribution in [2.45, 2.75) is 44.3 Å². The van der Waals surface area contributed by atoms with Gasteiger partial charge in [-0.2, -0.15) is 13.9 Å². The Labute approximate surface area is 170 Å². The monoisotopic (exact) mass is 424 g/mol. The lowest BCUT2D eigenvalue weighted by atomic mass is 10.1. The summed E-state index contributed by atoms with van der Waals surface area (Å²) in [6.45, 7) is 5.74. The number of hydrogen-bond acceptors (Lipinski definition) is 4. The summed E-state index contributed by atoms with van der Waals surface area (Å²) < 4.78 is 27.3. The Morgan fingerprint density at radius 1 is 1.32 bits per heavy atom. The van der Waals surface area contributed by atoms with Gasteiger partial charge < -0.3 is 5.32 Å². The number of alkyl halides is 2. The summed E-state index contributed by atoms with van der Waals surface area (Å²) in [6.07, 6.45) is 0.643. The lowest BCUT2D eigenvalue weighted by molar-refractivity contribution is -0.116. The molecule has 0 saturated carbocycles. The third-order valence-corrected chi connectivity index (χ3v) is 5.62. The maximum Gasteiger partial charge on any atom is 0.289 e. The van der Waals surface area contributed by atoms with Crippen molar-refractivity contribution in [3.05, 3.63) is 51.9 Å². The Morgan fingerprint density at radius 3 is 2.79 bits per heavy atom. The summed E-state index contributed by atoms with van der Waals surface area (Å²) in [5.74, 6) is -2.91. The summed E-state index contributed by atoms with van der Waals surface area (Å²) in [4.78, 5) is 17.1. The van der Waals surface area contributed by atoms with Crippen LogP contribution in [0.5, 0.6) is 0 Å². The molecule has 3 rings (SSSR count). The number of fused-ring (bicyclic) bond motifs is 1. The van der Waals surface area contributed by atoms with Gasteiger partial charge in [0.2, 0.25) is 5.91 Å². The number of amides is 1. The summed E-state index contributed by atoms with van der Waals surface area (Å²) in [7, 11) is 0. The van der Waals surface area contributed by atoms with Gasteiger partial charge in [-0.3, -0.25) is 4.79 Å². The topological polar surface area (TPSA) is 59.3 Å². The van der Waals surface area contributed by atoms with Gasteiger partial charge >= 0.3 is 0 Å². The van der Waals surface area contributed by atoms with E-state index in [0.717, 1.165) is 28.3 Å². The lowest BCUT2D eigenvalue weighted by Crippen LogP contribution is -2.15. The van der Waals surface area contributed by atoms with Crippen molar-refractivity contribution in [1.82, 2.24) is 14.6 Å². The van der Waals surface area contributed by atoms with Gasteiger partial charge in [0.1, 0.15) is 0 Å². The number of thioether (sulfide) groups is 1. The average molecular weight is 425 g/mol. The SMILES string of the molecule is Cc1cc2nc(C)c(CCC(=O)Nc3cccc(Cl)c3SC(F)F)c(C)n2n1. The molecule has 0 unspecified atom stereocenters. The molecule has 0 aliphatic rings. The van der Waals surface area contributed by atoms with E-state index < -0.39 is 5.76 Å². The third kappa shape index (κ3) is 4.44. The zero-order valence-corrected chi connectivity index (χ0v) is 17.2. The number of anilines is 1. The standard InChI is InChI=1S/C19H19ClF2N4OS/c1-10-9-16-23-11(2)13(12(3)26(16)25-10)7-8-17(27)24-15-6-4-5-14(20)18(15)28-19(21)22/h4-6,9,19H,7-8H2,1-3H3,(H,24,27). The molecular formula is C19H19ClF2N4OS. The van der Waals surface area contributed by atoms with Crippen LogP contribution in [0.3, 0.4) is 0 Å². The van der Waals surface area contributed by atoms with Crippen molar-refractivity contribution in [2.75, 3.05) is 5.32 Å². The molecule has 0 aliphatic carbocycles. The maximum absolute atomic E-state index is 12.8. The van der Waals surface area contributed by atoms with Gasteiger partial charge in [0.15, 0.2) is 5.65 Å². The van der Waals surface area contributed by atoms with Gasteiger partial charge in [-0.05, 0) is 44.9 Å². The van der Waals surface area contributed by atoms with Gasteiger partial charge in [0, 0.05) is 23.9 Å². The summed E-state index contributed by atoms with van der Waals surface area (Å²) in [6, 6.07) is 6.59. The van der Waals surface area contributed by atoms with Crippen LogP contribution in [0.2, 0.25) is 5.02 Å². The van der Waals surface area contributed by atoms with Crippen LogP contribution in [-0.2, 0) is 11.2 Å². The van der Waals surface area contributed by atoms with E-state index in [4.69, 9.17) is 11.6 Å². The number of aryl methyl sites for hydroxylation is 3. The van der Waals surface area contributed by atoms with Gasteiger partial charge in [0.05, 0.1) is 21.3 Å². The second-order valence-electron chi connectivity index (χ2n) is 6.36. The fourth-order valence-electron chi connectivity index (χ4n) is 3.07. The van der Waals surface area contributed by atoms with Crippen LogP contribution in [0.25, 0.3) is 5.65 Å². The summed E-state index contributed by atoms with van der Waals surface area (Å²) in [5, 5.41) is 7.29. The van der Waals surface area contributed by atoms with E-state index >= 15 is 0 Å². The molecule has 0 atom stereocenters. The molecule has 0 aliphatic heterocycles. The second-order valence-corrected chi connectivity index (χ2v) is 7.77. The molecule has 3 aromatic rings. The molecule has 5 nitrogen and oxygen atoms in total. The summed E-state index contributed by atoms with van der Waals surface area (Å²) in [5.41, 5.74) is 4.64. The lowest BCUT2D eigenvalue weighted by Gasteiger charge is -2.13. The first-order valence-electron chi connectivity index (χ1n) is 8.62. The first-order valence-corrected chi connectivity index (χ1v) is 9.87. The molecule has 0 saturated heterocycles. The molecule has 1 aromatic carbocycles. The van der Waals surface area contributed by atoms with Crippen LogP contribution >= 0.6 is 23.4 Å². The molecule has 0 spiro atoms. The highest BCUT2D eigenvalue weighted by molar-refractivity contribution is 7.99. The Bertz CT molecular complexity index is 1040. The number of hydrogen-bond donors (Lipinski definition) is 1. The van der Waals surface area contributed by atoms with Crippen molar-refractivity contribution in [1.29, 1.82) is 0 Å². The minimum atomic E-state index is -2.63. The van der Waals surface area contributed by atoms with Crippen molar-refractivity contribution in [2.24, 2.45) is 0 Å². The molecule has 1 N–H and O–H groups in total. The van der Waals surface area contributed by atoms with Crippen LogP contribution in [0, 0.1) is 20.8 Å². The molecule has 2 aromatic heterocycles. The number of nitrogens with zero attached hydrogens (tertiary/aromatic N) is 3. The molecular weight excluding hydrogens is 406 g/mol. The molecule has 2 heterocycles. The molecule has 148 valence electrons. The fraction of sp³-hybridized carbons (Fsp3) is 0.316. The van der Waals surface area contributed by atoms with Crippen molar-refractivity contribution < 1.29 is 13.6 Å². The zero-order chi connectivity index (χ0) is 20.4. The largest absolute Gasteiger partial charge is 0.325 e. The van der Waals surface area contributed by atoms with E-state index in [1.54, 1.807) is 16.6 Å². The van der Waals surface area contributed by atoms with E-state index in [9.17, 15) is 13.6 Å². The Hall–Kier alpha value is -2.19. The first-order chi connectivity index (χ1) is 13.3. The normalized spacial score (nSPS) is 11.4. The van der Waals surface area contributed by atoms with Crippen LogP contribution in [0.1, 0.15) is 29.1 Å². The van der Waals surface area contributed by atoms with E-state index in [2.05, 4.69) is 15.4 Å². The van der Waals surface area contributed by atoms with Crippen LogP contribution in [0.4, 0.5) is 14.5 Å². The zero-order valence-electron chi connectivity index (χ0n) is 15.6.